The number of nitrogens with two attached hydrogens (primary N) is 1. The highest BCUT2D eigenvalue weighted by Crippen LogP contribution is 2.32. The highest BCUT2D eigenvalue weighted by molar-refractivity contribution is 5.83. The smallest absolute Gasteiger partial charge is 0.268 e. The van der Waals surface area contributed by atoms with E-state index in [4.69, 9.17) is 5.73 Å². The van der Waals surface area contributed by atoms with Crippen molar-refractivity contribution in [3.8, 4) is 40.5 Å². The molecular weight excluding hydrogens is 326 g/mol. The van der Waals surface area contributed by atoms with Crippen LogP contribution in [0.15, 0.2) is 53.3 Å². The number of nitrogen functional groups attached to an aromatic ring is 1. The first kappa shape index (κ1) is 16.5. The van der Waals surface area contributed by atoms with Gasteiger partial charge in [-0.15, -0.1) is 0 Å². The highest BCUT2D eigenvalue weighted by atomic mass is 16.1. The van der Waals surface area contributed by atoms with E-state index >= 15 is 0 Å². The molecule has 0 aliphatic carbocycles. The second-order valence-corrected chi connectivity index (χ2v) is 5.45. The fourth-order valence-electron chi connectivity index (χ4n) is 2.81. The molecule has 0 aliphatic rings. The molecule has 3 aromatic rings. The summed E-state index contributed by atoms with van der Waals surface area (Å²) >= 11 is 0. The van der Waals surface area contributed by atoms with Crippen molar-refractivity contribution in [3.05, 3.63) is 75.6 Å². The topological polar surface area (TPSA) is 130 Å². The number of H-pyrrole nitrogens is 1. The molecule has 1 aromatic heterocycles. The van der Waals surface area contributed by atoms with Crippen LogP contribution in [0, 0.1) is 34.0 Å². The first-order valence-electron chi connectivity index (χ1n) is 7.56. The standard InChI is InChI=1S/C20H11N5O/c21-9-14-4-1-2-7-15(14)12-5-3-6-13(8-12)18-16(10-22)19(24)25-20(26)17(18)11-23/h1-8H,(H3,24,25,26). The number of nitrogens with one attached hydrogen (secondary N) is 1. The maximum atomic E-state index is 12.1. The molecule has 6 heteroatoms. The molecule has 3 rings (SSSR count). The first-order valence-corrected chi connectivity index (χ1v) is 7.56. The van der Waals surface area contributed by atoms with E-state index in [0.29, 0.717) is 16.7 Å². The van der Waals surface area contributed by atoms with Crippen LogP contribution in [0.1, 0.15) is 16.7 Å². The summed E-state index contributed by atoms with van der Waals surface area (Å²) in [7, 11) is 0. The van der Waals surface area contributed by atoms with E-state index in [2.05, 4.69) is 11.1 Å². The van der Waals surface area contributed by atoms with Crippen molar-refractivity contribution in [2.24, 2.45) is 0 Å². The van der Waals surface area contributed by atoms with Crippen LogP contribution in [-0.2, 0) is 0 Å². The van der Waals surface area contributed by atoms with Crippen molar-refractivity contribution in [3.63, 3.8) is 0 Å². The summed E-state index contributed by atoms with van der Waals surface area (Å²) < 4.78 is 0. The van der Waals surface area contributed by atoms with Crippen molar-refractivity contribution in [1.29, 1.82) is 15.8 Å². The zero-order valence-electron chi connectivity index (χ0n) is 13.4. The molecule has 0 fully saturated rings. The predicted molar refractivity (Wildman–Crippen MR) is 96.5 cm³/mol. The summed E-state index contributed by atoms with van der Waals surface area (Å²) in [5, 5.41) is 28.1. The van der Waals surface area contributed by atoms with Crippen LogP contribution in [0.4, 0.5) is 5.82 Å². The molecular formula is C20H11N5O. The first-order chi connectivity index (χ1) is 12.6. The maximum absolute atomic E-state index is 12.1. The summed E-state index contributed by atoms with van der Waals surface area (Å²) in [5.41, 5.74) is 7.59. The van der Waals surface area contributed by atoms with Gasteiger partial charge in [0.15, 0.2) is 0 Å². The third-order valence-corrected chi connectivity index (χ3v) is 3.98. The van der Waals surface area contributed by atoms with Crippen LogP contribution < -0.4 is 11.3 Å². The fourth-order valence-corrected chi connectivity index (χ4v) is 2.81. The van der Waals surface area contributed by atoms with Crippen LogP contribution >= 0.6 is 0 Å². The summed E-state index contributed by atoms with van der Waals surface area (Å²) in [4.78, 5) is 14.4. The Morgan fingerprint density at radius 2 is 1.54 bits per heavy atom. The summed E-state index contributed by atoms with van der Waals surface area (Å²) in [6.45, 7) is 0. The van der Waals surface area contributed by atoms with Crippen LogP contribution in [0.5, 0.6) is 0 Å². The van der Waals surface area contributed by atoms with Gasteiger partial charge in [0.2, 0.25) is 0 Å². The molecule has 1 heterocycles. The molecule has 0 saturated carbocycles. The molecule has 6 nitrogen and oxygen atoms in total. The Balaban J connectivity index is 2.33. The molecule has 0 spiro atoms. The van der Waals surface area contributed by atoms with Gasteiger partial charge in [-0.1, -0.05) is 36.4 Å². The monoisotopic (exact) mass is 337 g/mol. The average molecular weight is 337 g/mol. The Morgan fingerprint density at radius 1 is 0.846 bits per heavy atom. The van der Waals surface area contributed by atoms with E-state index in [0.717, 1.165) is 5.56 Å². The molecule has 122 valence electrons. The molecule has 0 atom stereocenters. The van der Waals surface area contributed by atoms with Gasteiger partial charge in [-0.2, -0.15) is 15.8 Å². The van der Waals surface area contributed by atoms with E-state index in [1.807, 2.05) is 24.3 Å². The second-order valence-electron chi connectivity index (χ2n) is 5.45. The largest absolute Gasteiger partial charge is 0.384 e. The Kier molecular flexibility index (Phi) is 4.22. The number of pyridine rings is 1. The molecule has 0 aliphatic heterocycles. The number of rotatable bonds is 2. The zero-order valence-corrected chi connectivity index (χ0v) is 13.4. The minimum Gasteiger partial charge on any atom is -0.384 e. The van der Waals surface area contributed by atoms with Gasteiger partial charge >= 0.3 is 0 Å². The van der Waals surface area contributed by atoms with Crippen molar-refractivity contribution in [2.75, 3.05) is 5.73 Å². The lowest BCUT2D eigenvalue weighted by atomic mass is 9.92. The number of nitriles is 3. The molecule has 0 radical (unpaired) electrons. The summed E-state index contributed by atoms with van der Waals surface area (Å²) in [5.74, 6) is -0.0886. The van der Waals surface area contributed by atoms with Gasteiger partial charge in [-0.3, -0.25) is 4.79 Å². The summed E-state index contributed by atoms with van der Waals surface area (Å²) in [6.07, 6.45) is 0. The Bertz CT molecular complexity index is 1200. The Morgan fingerprint density at radius 3 is 2.23 bits per heavy atom. The third kappa shape index (κ3) is 2.67. The predicted octanol–water partition coefficient (Wildman–Crippen LogP) is 2.91. The zero-order chi connectivity index (χ0) is 18.7. The van der Waals surface area contributed by atoms with Gasteiger partial charge in [0.1, 0.15) is 29.1 Å². The minimum atomic E-state index is -0.651. The molecule has 0 unspecified atom stereocenters. The number of hydrogen-bond acceptors (Lipinski definition) is 5. The van der Waals surface area contributed by atoms with E-state index in [1.165, 1.54) is 0 Å². The lowest BCUT2D eigenvalue weighted by Gasteiger charge is -2.11. The molecule has 0 amide bonds. The van der Waals surface area contributed by atoms with Gasteiger partial charge in [0.25, 0.3) is 5.56 Å². The number of hydrogen-bond donors (Lipinski definition) is 2. The minimum absolute atomic E-state index is 0.0341. The van der Waals surface area contributed by atoms with Crippen molar-refractivity contribution in [1.82, 2.24) is 4.98 Å². The maximum Gasteiger partial charge on any atom is 0.268 e. The highest BCUT2D eigenvalue weighted by Gasteiger charge is 2.18. The van der Waals surface area contributed by atoms with Gasteiger partial charge in [0, 0.05) is 5.56 Å². The molecule has 3 N–H and O–H groups in total. The molecule has 0 saturated heterocycles. The lowest BCUT2D eigenvalue weighted by Crippen LogP contribution is -2.16. The second kappa shape index (κ2) is 6.65. The lowest BCUT2D eigenvalue weighted by molar-refractivity contribution is 1.21. The summed E-state index contributed by atoms with van der Waals surface area (Å²) in [6, 6.07) is 20.0. The van der Waals surface area contributed by atoms with Gasteiger partial charge in [0.05, 0.1) is 11.6 Å². The van der Waals surface area contributed by atoms with Gasteiger partial charge in [-0.25, -0.2) is 0 Å². The van der Waals surface area contributed by atoms with Crippen molar-refractivity contribution >= 4 is 5.82 Å². The number of aromatic nitrogens is 1. The normalized spacial score (nSPS) is 9.73. The number of benzene rings is 2. The van der Waals surface area contributed by atoms with Crippen LogP contribution in [0.2, 0.25) is 0 Å². The van der Waals surface area contributed by atoms with Gasteiger partial charge < -0.3 is 10.7 Å². The van der Waals surface area contributed by atoms with Crippen LogP contribution in [-0.4, -0.2) is 4.98 Å². The van der Waals surface area contributed by atoms with Gasteiger partial charge in [-0.05, 0) is 28.8 Å². The average Bonchev–Trinajstić information content (AvgIpc) is 2.67. The molecule has 26 heavy (non-hydrogen) atoms. The SMILES string of the molecule is N#Cc1ccccc1-c1cccc(-c2c(C#N)c(N)[nH]c(=O)c2C#N)c1. The Hall–Kier alpha value is -4.34. The van der Waals surface area contributed by atoms with Crippen LogP contribution in [0.25, 0.3) is 22.3 Å². The quantitative estimate of drug-likeness (QED) is 0.742. The number of aromatic amines is 1. The van der Waals surface area contributed by atoms with Crippen LogP contribution in [0.3, 0.4) is 0 Å². The van der Waals surface area contributed by atoms with Crippen molar-refractivity contribution < 1.29 is 0 Å². The third-order valence-electron chi connectivity index (χ3n) is 3.98. The van der Waals surface area contributed by atoms with E-state index in [9.17, 15) is 20.6 Å². The molecule has 0 bridgehead atoms. The number of nitrogens with zero attached hydrogens (tertiary/aromatic N) is 3. The Labute approximate surface area is 149 Å². The molecule has 2 aromatic carbocycles. The fraction of sp³-hybridized carbons (Fsp3) is 0. The van der Waals surface area contributed by atoms with E-state index in [1.54, 1.807) is 36.4 Å². The van der Waals surface area contributed by atoms with Crippen molar-refractivity contribution in [2.45, 2.75) is 0 Å². The van der Waals surface area contributed by atoms with E-state index in [-0.39, 0.29) is 22.5 Å². The number of anilines is 1. The van der Waals surface area contributed by atoms with E-state index < -0.39 is 5.56 Å².